The third-order valence-electron chi connectivity index (χ3n) is 47.4. The first-order valence-electron chi connectivity index (χ1n) is 58.4. The summed E-state index contributed by atoms with van der Waals surface area (Å²) in [6.45, 7) is 136. The number of hydrogen-bond acceptors (Lipinski definition) is 0. The molecular formula is C136H240Si6. The van der Waals surface area contributed by atoms with Gasteiger partial charge in [0, 0.05) is 21.6 Å². The van der Waals surface area contributed by atoms with Crippen molar-refractivity contribution in [3.8, 4) is 11.1 Å². The van der Waals surface area contributed by atoms with Crippen LogP contribution >= 0.6 is 0 Å². The molecule has 0 radical (unpaired) electrons. The lowest BCUT2D eigenvalue weighted by Gasteiger charge is -2.60. The lowest BCUT2D eigenvalue weighted by molar-refractivity contribution is -0.104. The first-order chi connectivity index (χ1) is 64.0. The highest BCUT2D eigenvalue weighted by Crippen LogP contribution is 2.67. The largest absolute Gasteiger partial charge is 0.120 e. The molecule has 13 aliphatic carbocycles. The minimum Gasteiger partial charge on any atom is -0.0692 e. The van der Waals surface area contributed by atoms with Crippen molar-refractivity contribution < 1.29 is 0 Å². The molecule has 0 aromatic heterocycles. The van der Waals surface area contributed by atoms with Crippen molar-refractivity contribution in [2.75, 3.05) is 0 Å². The summed E-state index contributed by atoms with van der Waals surface area (Å²) in [5.41, 5.74) is 14.3. The average molecular weight is 2040 g/mol. The zero-order valence-electron chi connectivity index (χ0n) is 105. The molecule has 0 atom stereocenters. The van der Waals surface area contributed by atoms with Crippen molar-refractivity contribution in [2.45, 2.75) is 545 Å². The second-order valence-electron chi connectivity index (χ2n) is 63.3. The van der Waals surface area contributed by atoms with Gasteiger partial charge in [-0.15, -0.1) is 0 Å². The smallest absolute Gasteiger partial charge is 0.0692 e. The molecule has 808 valence electrons. The molecule has 142 heavy (non-hydrogen) atoms. The van der Waals surface area contributed by atoms with Crippen molar-refractivity contribution in [3.05, 3.63) is 181 Å². The van der Waals surface area contributed by atoms with E-state index in [1.54, 1.807) is 0 Å². The SMILES string of the molecule is CC(C)(C)C1(C)c2ccccc2-c2ccccc21.CC(C)(C)[Si](C)(C)C.CC(C)(C)[Si](C)(C)C.CC(C)(C)[Si](C)(c1ccccc1)c1ccccc1.CC(C)(C)[Si](C)(c1ccccc1)c1ccccc1.CC(C)[Si](C)(C(C)C)C(C)(C)C.CC(C)[Si](C)(C(C)C)C(C)(C)C.CC1(C)C2CCC(CC2)C1(C)C.CC1(C)C2CCC(CC2)C1(C)C.CC1(C)C2CCC(CC2)C1(C)C.CC1(C)C2CCC(CC2)C1(C)C. The van der Waals surface area contributed by atoms with Crippen LogP contribution in [-0.2, 0) is 5.41 Å². The molecule has 12 saturated carbocycles. The van der Waals surface area contributed by atoms with E-state index in [1.807, 2.05) is 0 Å². The van der Waals surface area contributed by atoms with Crippen LogP contribution in [0.4, 0.5) is 0 Å². The Morgan fingerprint density at radius 2 is 0.331 bits per heavy atom. The van der Waals surface area contributed by atoms with Gasteiger partial charge in [-0.3, -0.25) is 0 Å². The molecule has 0 spiro atoms. The Balaban J connectivity index is 0.000000278. The highest BCUT2D eigenvalue weighted by Gasteiger charge is 2.59. The molecule has 0 nitrogen and oxygen atoms in total. The molecule has 6 aromatic rings. The van der Waals surface area contributed by atoms with Crippen LogP contribution in [0.3, 0.4) is 0 Å². The third-order valence-corrected chi connectivity index (χ3v) is 84.4. The summed E-state index contributed by atoms with van der Waals surface area (Å²) >= 11 is 0. The number of fused-ring (bicyclic) bond motifs is 15. The van der Waals surface area contributed by atoms with E-state index in [0.717, 1.165) is 69.5 Å². The molecule has 0 heterocycles. The van der Waals surface area contributed by atoms with Crippen LogP contribution in [0.2, 0.25) is 118 Å². The van der Waals surface area contributed by atoms with Crippen LogP contribution in [-0.4, -0.2) is 48.4 Å². The van der Waals surface area contributed by atoms with Gasteiger partial charge in [-0.2, -0.15) is 0 Å². The Kier molecular flexibility index (Phi) is 43.1. The molecule has 0 aliphatic heterocycles. The lowest BCUT2D eigenvalue weighted by Crippen LogP contribution is -2.61. The van der Waals surface area contributed by atoms with Gasteiger partial charge in [0.25, 0.3) is 0 Å². The van der Waals surface area contributed by atoms with E-state index in [-0.39, 0.29) is 10.8 Å². The van der Waals surface area contributed by atoms with Gasteiger partial charge in [-0.1, -0.05) is 597 Å². The molecule has 0 unspecified atom stereocenters. The zero-order chi connectivity index (χ0) is 110. The molecule has 0 saturated heterocycles. The monoisotopic (exact) mass is 2040 g/mol. The quantitative estimate of drug-likeness (QED) is 0.133. The Hall–Kier alpha value is -3.38. The van der Waals surface area contributed by atoms with E-state index in [2.05, 4.69) is 554 Å². The molecule has 6 heteroatoms. The summed E-state index contributed by atoms with van der Waals surface area (Å²) in [5.74, 6) is 8.09. The van der Waals surface area contributed by atoms with Crippen LogP contribution in [0.5, 0.6) is 0 Å². The maximum Gasteiger partial charge on any atom is 0.120 e. The predicted octanol–water partition coefficient (Wildman–Crippen LogP) is 43.4. The van der Waals surface area contributed by atoms with Gasteiger partial charge in [-0.25, -0.2) is 0 Å². The van der Waals surface area contributed by atoms with Gasteiger partial charge in [-0.05, 0) is 251 Å². The average Bonchev–Trinajstić information content (AvgIpc) is 1.55. The number of hydrogen-bond donors (Lipinski definition) is 0. The van der Waals surface area contributed by atoms with Crippen LogP contribution in [0.1, 0.15) is 432 Å². The Morgan fingerprint density at radius 3 is 0.430 bits per heavy atom. The molecule has 19 rings (SSSR count). The van der Waals surface area contributed by atoms with Crippen molar-refractivity contribution in [1.29, 1.82) is 0 Å². The van der Waals surface area contributed by atoms with Gasteiger partial charge in [0.2, 0.25) is 0 Å². The fraction of sp³-hybridized carbons (Fsp3) is 0.735. The van der Waals surface area contributed by atoms with Crippen LogP contribution in [0.25, 0.3) is 11.1 Å². The second-order valence-corrected chi connectivity index (χ2v) is 97.9. The highest BCUT2D eigenvalue weighted by molar-refractivity contribution is 7.04. The van der Waals surface area contributed by atoms with E-state index in [0.29, 0.717) is 73.5 Å². The summed E-state index contributed by atoms with van der Waals surface area (Å²) in [5, 5.41) is 8.90. The van der Waals surface area contributed by atoms with E-state index < -0.39 is 48.4 Å². The van der Waals surface area contributed by atoms with Crippen molar-refractivity contribution >= 4 is 69.2 Å². The van der Waals surface area contributed by atoms with Crippen LogP contribution in [0, 0.1) is 96.1 Å². The lowest BCUT2D eigenvalue weighted by atomic mass is 9.45. The second kappa shape index (κ2) is 47.5. The first-order valence-corrected chi connectivity index (χ1v) is 75.7. The number of benzene rings is 6. The van der Waals surface area contributed by atoms with Crippen LogP contribution in [0.15, 0.2) is 170 Å². The minimum absolute atomic E-state index is 0.0974. The van der Waals surface area contributed by atoms with Crippen molar-refractivity contribution in [1.82, 2.24) is 0 Å². The van der Waals surface area contributed by atoms with Crippen molar-refractivity contribution in [3.63, 3.8) is 0 Å². The maximum absolute atomic E-state index is 2.56. The standard InChI is InChI=1S/C18H20.2C17H22Si.4C12H22.2C11H26Si.2C7H18Si/c1-17(2,3)18(4)15-11-7-5-9-13(15)14-10-6-8-12-16(14)18;2*1-17(2,3)18(4,15-11-7-5-8-12-15)16-13-9-6-10-14-16;4*1-11(2)9-5-7-10(8-6-9)12(11,3)4;2*1-9(2)12(8,10(3)4)11(5,6)7;2*1-7(2,3)8(4,5)6/h5-12H,1-4H3;2*5-14H,1-4H3;4*9-10H,5-8H2,1-4H3;2*9-10H,1-8H3;2*1-6H3. The summed E-state index contributed by atoms with van der Waals surface area (Å²) < 4.78 is 0. The molecular weight excluding hydrogens is 1800 g/mol. The van der Waals surface area contributed by atoms with E-state index in [1.165, 1.54) is 146 Å². The normalized spacial score (nSPS) is 23.8. The fourth-order valence-corrected chi connectivity index (χ4v) is 44.7. The maximum atomic E-state index is 2.56. The van der Waals surface area contributed by atoms with Gasteiger partial charge in [0.05, 0.1) is 16.1 Å². The van der Waals surface area contributed by atoms with Gasteiger partial charge in [0.15, 0.2) is 0 Å². The molecule has 12 fully saturated rings. The first kappa shape index (κ1) is 129. The molecule has 8 bridgehead atoms. The Labute approximate surface area is 895 Å². The fourth-order valence-electron chi connectivity index (χ4n) is 27.6. The number of rotatable bonds is 8. The summed E-state index contributed by atoms with van der Waals surface area (Å²) in [6.07, 6.45) is 24.0. The molecule has 6 aromatic carbocycles. The van der Waals surface area contributed by atoms with E-state index in [4.69, 9.17) is 0 Å². The van der Waals surface area contributed by atoms with Crippen molar-refractivity contribution in [2.24, 2.45) is 96.1 Å². The topological polar surface area (TPSA) is 0 Å². The van der Waals surface area contributed by atoms with Gasteiger partial charge >= 0.3 is 0 Å². The molecule has 0 amide bonds. The third kappa shape index (κ3) is 27.6. The summed E-state index contributed by atoms with van der Waals surface area (Å²) in [6, 6.07) is 61.8. The Morgan fingerprint density at radius 1 is 0.197 bits per heavy atom. The highest BCUT2D eigenvalue weighted by atomic mass is 28.3. The Bertz CT molecular complexity index is 4100. The van der Waals surface area contributed by atoms with E-state index >= 15 is 0 Å². The van der Waals surface area contributed by atoms with Gasteiger partial charge < -0.3 is 0 Å². The predicted molar refractivity (Wildman–Crippen MR) is 666 cm³/mol. The summed E-state index contributed by atoms with van der Waals surface area (Å²) in [4.78, 5) is 0. The van der Waals surface area contributed by atoms with Crippen LogP contribution < -0.4 is 20.7 Å². The summed E-state index contributed by atoms with van der Waals surface area (Å²) in [7, 11) is -7.34. The molecule has 13 aliphatic rings. The minimum atomic E-state index is -1.70. The van der Waals surface area contributed by atoms with E-state index in [9.17, 15) is 0 Å². The van der Waals surface area contributed by atoms with Gasteiger partial charge in [0.1, 0.15) is 16.1 Å². The zero-order valence-corrected chi connectivity index (χ0v) is 111. The molecule has 0 N–H and O–H groups in total.